The zero-order valence-corrected chi connectivity index (χ0v) is 27.2. The molecule has 1 aliphatic heterocycles. The van der Waals surface area contributed by atoms with Gasteiger partial charge in [0.2, 0.25) is 0 Å². The van der Waals surface area contributed by atoms with Crippen molar-refractivity contribution >= 4 is 72.0 Å². The van der Waals surface area contributed by atoms with E-state index in [0.29, 0.717) is 21.5 Å². The van der Waals surface area contributed by atoms with Crippen LogP contribution in [0.3, 0.4) is 0 Å². The molecule has 0 spiro atoms. The third-order valence-electron chi connectivity index (χ3n) is 8.10. The van der Waals surface area contributed by atoms with E-state index in [2.05, 4.69) is 0 Å². The minimum absolute atomic E-state index is 0.131. The summed E-state index contributed by atoms with van der Waals surface area (Å²) in [6.07, 6.45) is 0. The standard InChI is InChI=1S/C32H21N4O10PS2/c37-33(38)23-11-15-25(16-12-23)48(43,44)35-29-19-9-21-5-1-3-7-27(21)31(29)32-28-8-4-2-6-22(28)10-20-30(32)36(47(35,41)42)49(45,46)26-17-13-24(14-18-26)34(39)40/h1-20H,(H,41,42). The summed E-state index contributed by atoms with van der Waals surface area (Å²) in [5.74, 6) is 0. The zero-order valence-electron chi connectivity index (χ0n) is 24.7. The van der Waals surface area contributed by atoms with Gasteiger partial charge in [-0.3, -0.25) is 20.2 Å². The maximum Gasteiger partial charge on any atom is 0.422 e. The molecule has 246 valence electrons. The van der Waals surface area contributed by atoms with Crippen molar-refractivity contribution in [2.24, 2.45) is 0 Å². The van der Waals surface area contributed by atoms with Crippen LogP contribution in [0.4, 0.5) is 22.7 Å². The second kappa shape index (κ2) is 11.2. The number of nitrogens with zero attached hydrogens (tertiary/aromatic N) is 4. The van der Waals surface area contributed by atoms with Crippen LogP contribution in [-0.2, 0) is 24.6 Å². The smallest absolute Gasteiger partial charge is 0.312 e. The van der Waals surface area contributed by atoms with Crippen LogP contribution in [0, 0.1) is 20.2 Å². The summed E-state index contributed by atoms with van der Waals surface area (Å²) in [6, 6.07) is 26.5. The number of nitro benzene ring substituents is 2. The highest BCUT2D eigenvalue weighted by Crippen LogP contribution is 2.65. The van der Waals surface area contributed by atoms with E-state index in [0.717, 1.165) is 48.5 Å². The Balaban J connectivity index is 1.64. The topological polar surface area (TPSA) is 198 Å². The Morgan fingerprint density at radius 1 is 0.531 bits per heavy atom. The summed E-state index contributed by atoms with van der Waals surface area (Å²) in [7, 11) is -16.2. The molecule has 0 bridgehead atoms. The fourth-order valence-corrected chi connectivity index (χ4v) is 12.5. The number of nitro groups is 2. The van der Waals surface area contributed by atoms with E-state index < -0.39 is 58.7 Å². The number of non-ortho nitro benzene ring substituents is 2. The number of anilines is 2. The van der Waals surface area contributed by atoms with E-state index in [1.54, 1.807) is 48.5 Å². The molecule has 0 saturated carbocycles. The van der Waals surface area contributed by atoms with Crippen molar-refractivity contribution in [2.45, 2.75) is 9.79 Å². The zero-order chi connectivity index (χ0) is 34.9. The van der Waals surface area contributed by atoms with Gasteiger partial charge in [-0.2, -0.15) is 8.15 Å². The lowest BCUT2D eigenvalue weighted by Gasteiger charge is -2.34. The largest absolute Gasteiger partial charge is 0.422 e. The Hall–Kier alpha value is -5.67. The number of rotatable bonds is 6. The summed E-state index contributed by atoms with van der Waals surface area (Å²) in [6.45, 7) is 0. The van der Waals surface area contributed by atoms with Crippen molar-refractivity contribution in [3.05, 3.63) is 142 Å². The molecule has 7 rings (SSSR count). The maximum atomic E-state index is 15.1. The highest BCUT2D eigenvalue weighted by molar-refractivity contribution is 8.06. The van der Waals surface area contributed by atoms with Crippen LogP contribution in [0.25, 0.3) is 32.7 Å². The molecule has 1 heterocycles. The second-order valence-corrected chi connectivity index (χ2v) is 16.8. The maximum absolute atomic E-state index is 15.1. The van der Waals surface area contributed by atoms with Crippen LogP contribution in [0.5, 0.6) is 0 Å². The van der Waals surface area contributed by atoms with Crippen LogP contribution in [0.15, 0.2) is 131 Å². The molecular formula is C32H21N4O10PS2. The van der Waals surface area contributed by atoms with Crippen molar-refractivity contribution < 1.29 is 36.1 Å². The van der Waals surface area contributed by atoms with E-state index in [-0.39, 0.29) is 30.7 Å². The van der Waals surface area contributed by atoms with Gasteiger partial charge >= 0.3 is 7.67 Å². The van der Waals surface area contributed by atoms with Gasteiger partial charge in [0.05, 0.1) is 31.0 Å². The molecule has 0 saturated heterocycles. The van der Waals surface area contributed by atoms with E-state index >= 15 is 4.57 Å². The van der Waals surface area contributed by atoms with E-state index in [1.165, 1.54) is 24.3 Å². The SMILES string of the molecule is O=[N+]([O-])c1ccc(S(=O)(=O)N2c3ccc4ccccc4c3-c3c(ccc4ccccc34)N(S(=O)(=O)c3ccc([N+](=O)[O-])cc3)P2(=O)O)cc1. The highest BCUT2D eigenvalue weighted by Gasteiger charge is 2.53. The molecule has 0 aromatic heterocycles. The van der Waals surface area contributed by atoms with Crippen molar-refractivity contribution in [3.8, 4) is 11.1 Å². The predicted octanol–water partition coefficient (Wildman–Crippen LogP) is 6.98. The van der Waals surface area contributed by atoms with Gasteiger partial charge in [0.25, 0.3) is 31.4 Å². The Morgan fingerprint density at radius 2 is 0.878 bits per heavy atom. The van der Waals surface area contributed by atoms with Crippen molar-refractivity contribution in [1.82, 2.24) is 0 Å². The molecule has 0 radical (unpaired) electrons. The second-order valence-electron chi connectivity index (χ2n) is 10.9. The summed E-state index contributed by atoms with van der Waals surface area (Å²) in [5.41, 5.74) is -1.30. The van der Waals surface area contributed by atoms with Gasteiger partial charge < -0.3 is 4.89 Å². The number of sulfonamides is 2. The number of hydrogen-bond donors (Lipinski definition) is 1. The molecule has 1 aliphatic rings. The van der Waals surface area contributed by atoms with Gasteiger partial charge in [-0.05, 0) is 57.9 Å². The molecule has 0 unspecified atom stereocenters. The van der Waals surface area contributed by atoms with E-state index in [4.69, 9.17) is 0 Å². The summed E-state index contributed by atoms with van der Waals surface area (Å²) in [5, 5.41) is 24.7. The Labute approximate surface area is 278 Å². The lowest BCUT2D eigenvalue weighted by Crippen LogP contribution is -2.38. The molecule has 17 heteroatoms. The molecule has 49 heavy (non-hydrogen) atoms. The third-order valence-corrected chi connectivity index (χ3v) is 15.1. The average molecular weight is 717 g/mol. The molecule has 0 fully saturated rings. The van der Waals surface area contributed by atoms with Gasteiger partial charge in [0.1, 0.15) is 0 Å². The monoisotopic (exact) mass is 716 g/mol. The van der Waals surface area contributed by atoms with Crippen LogP contribution >= 0.6 is 7.67 Å². The Kier molecular flexibility index (Phi) is 7.30. The lowest BCUT2D eigenvalue weighted by atomic mass is 9.91. The summed E-state index contributed by atoms with van der Waals surface area (Å²) >= 11 is 0. The molecular weight excluding hydrogens is 695 g/mol. The van der Waals surface area contributed by atoms with Crippen LogP contribution in [0.2, 0.25) is 0 Å². The van der Waals surface area contributed by atoms with Crippen LogP contribution in [0.1, 0.15) is 0 Å². The first kappa shape index (κ1) is 31.9. The fraction of sp³-hybridized carbons (Fsp3) is 0. The van der Waals surface area contributed by atoms with Crippen LogP contribution in [-0.4, -0.2) is 31.6 Å². The number of hydrogen-bond acceptors (Lipinski definition) is 9. The normalized spacial score (nSPS) is 14.2. The molecule has 0 amide bonds. The molecule has 14 nitrogen and oxygen atoms in total. The predicted molar refractivity (Wildman–Crippen MR) is 182 cm³/mol. The van der Waals surface area contributed by atoms with Gasteiger partial charge in [-0.15, -0.1) is 0 Å². The number of fused-ring (bicyclic) bond motifs is 7. The van der Waals surface area contributed by atoms with Gasteiger partial charge in [-0.1, -0.05) is 60.7 Å². The summed E-state index contributed by atoms with van der Waals surface area (Å²) in [4.78, 5) is 32.1. The quantitative estimate of drug-likeness (QED) is 0.107. The molecule has 6 aromatic rings. The Bertz CT molecular complexity index is 2470. The lowest BCUT2D eigenvalue weighted by molar-refractivity contribution is -0.385. The molecule has 6 aromatic carbocycles. The van der Waals surface area contributed by atoms with Gasteiger partial charge in [0, 0.05) is 35.4 Å². The minimum Gasteiger partial charge on any atom is -0.312 e. The molecule has 0 atom stereocenters. The average Bonchev–Trinajstić information content (AvgIpc) is 3.17. The van der Waals surface area contributed by atoms with Crippen LogP contribution < -0.4 is 8.15 Å². The van der Waals surface area contributed by atoms with Crippen molar-refractivity contribution in [3.63, 3.8) is 0 Å². The third kappa shape index (κ3) is 4.92. The van der Waals surface area contributed by atoms with E-state index in [9.17, 15) is 42.0 Å². The minimum atomic E-state index is -5.88. The first-order valence-corrected chi connectivity index (χ1v) is 18.7. The number of benzene rings is 6. The first-order chi connectivity index (χ1) is 23.2. The first-order valence-electron chi connectivity index (χ1n) is 14.2. The Morgan fingerprint density at radius 3 is 1.22 bits per heavy atom. The summed E-state index contributed by atoms with van der Waals surface area (Å²) < 4.78 is 73.9. The van der Waals surface area contributed by atoms with Gasteiger partial charge in [-0.25, -0.2) is 21.4 Å². The molecule has 1 N–H and O–H groups in total. The van der Waals surface area contributed by atoms with Crippen molar-refractivity contribution in [2.75, 3.05) is 8.15 Å². The van der Waals surface area contributed by atoms with E-state index in [1.807, 2.05) is 0 Å². The fourth-order valence-electron chi connectivity index (χ4n) is 5.94. The molecule has 0 aliphatic carbocycles. The highest BCUT2D eigenvalue weighted by atomic mass is 32.2. The van der Waals surface area contributed by atoms with Gasteiger partial charge in [0.15, 0.2) is 0 Å². The van der Waals surface area contributed by atoms with Crippen molar-refractivity contribution in [1.29, 1.82) is 0 Å².